The Morgan fingerprint density at radius 2 is 2.00 bits per heavy atom. The monoisotopic (exact) mass is 320 g/mol. The summed E-state index contributed by atoms with van der Waals surface area (Å²) in [4.78, 5) is 14.1. The van der Waals surface area contributed by atoms with Crippen LogP contribution in [0.25, 0.3) is 0 Å². The van der Waals surface area contributed by atoms with Crippen molar-refractivity contribution >= 4 is 6.03 Å². The van der Waals surface area contributed by atoms with Gasteiger partial charge in [-0.3, -0.25) is 0 Å². The van der Waals surface area contributed by atoms with Gasteiger partial charge >= 0.3 is 6.03 Å². The number of carbonyl (C=O) groups is 1. The van der Waals surface area contributed by atoms with Crippen LogP contribution in [0.15, 0.2) is 24.3 Å². The van der Waals surface area contributed by atoms with E-state index in [-0.39, 0.29) is 18.7 Å². The fraction of sp³-hybridized carbons (Fsp3) is 0.611. The van der Waals surface area contributed by atoms with Crippen molar-refractivity contribution in [2.75, 3.05) is 27.3 Å². The number of nitrogens with zero attached hydrogens (tertiary/aromatic N) is 1. The molecule has 1 aliphatic carbocycles. The maximum absolute atomic E-state index is 12.3. The summed E-state index contributed by atoms with van der Waals surface area (Å²) in [6, 6.07) is 8.13. The zero-order valence-corrected chi connectivity index (χ0v) is 14.1. The van der Waals surface area contributed by atoms with Crippen molar-refractivity contribution in [2.45, 2.75) is 38.1 Å². The molecule has 1 aromatic rings. The van der Waals surface area contributed by atoms with Crippen LogP contribution in [0, 0.1) is 5.92 Å². The van der Waals surface area contributed by atoms with Crippen LogP contribution in [0.3, 0.4) is 0 Å². The molecule has 1 aromatic carbocycles. The van der Waals surface area contributed by atoms with E-state index < -0.39 is 0 Å². The second kappa shape index (κ2) is 8.77. The molecule has 1 aliphatic rings. The molecule has 0 unspecified atom stereocenters. The number of urea groups is 1. The summed E-state index contributed by atoms with van der Waals surface area (Å²) in [6.07, 6.45) is 4.70. The highest BCUT2D eigenvalue weighted by molar-refractivity contribution is 5.74. The Kier molecular flexibility index (Phi) is 6.71. The first kappa shape index (κ1) is 17.6. The molecular weight excluding hydrogens is 292 g/mol. The first-order valence-corrected chi connectivity index (χ1v) is 8.39. The number of rotatable bonds is 6. The van der Waals surface area contributed by atoms with Gasteiger partial charge in [-0.15, -0.1) is 0 Å². The first-order valence-electron chi connectivity index (χ1n) is 8.39. The van der Waals surface area contributed by atoms with E-state index >= 15 is 0 Å². The molecule has 5 heteroatoms. The maximum Gasteiger partial charge on any atom is 0.317 e. The minimum absolute atomic E-state index is 0.0210. The van der Waals surface area contributed by atoms with Gasteiger partial charge in [0, 0.05) is 26.2 Å². The molecular formula is C18H28N2O3. The first-order chi connectivity index (χ1) is 11.2. The fourth-order valence-electron chi connectivity index (χ4n) is 3.22. The van der Waals surface area contributed by atoms with Crippen molar-refractivity contribution in [3.05, 3.63) is 29.8 Å². The lowest BCUT2D eigenvalue weighted by Gasteiger charge is -2.34. The lowest BCUT2D eigenvalue weighted by atomic mass is 9.86. The third-order valence-corrected chi connectivity index (χ3v) is 4.81. The van der Waals surface area contributed by atoms with Gasteiger partial charge in [0.2, 0.25) is 0 Å². The molecule has 0 saturated heterocycles. The van der Waals surface area contributed by atoms with E-state index in [1.54, 1.807) is 7.11 Å². The van der Waals surface area contributed by atoms with Crippen LogP contribution in [-0.2, 0) is 6.42 Å². The number of para-hydroxylation sites is 1. The molecule has 0 atom stereocenters. The highest BCUT2D eigenvalue weighted by atomic mass is 16.5. The summed E-state index contributed by atoms with van der Waals surface area (Å²) >= 11 is 0. The van der Waals surface area contributed by atoms with Crippen LogP contribution in [0.4, 0.5) is 4.79 Å². The van der Waals surface area contributed by atoms with Gasteiger partial charge in [-0.2, -0.15) is 0 Å². The molecule has 1 saturated carbocycles. The van der Waals surface area contributed by atoms with Crippen molar-refractivity contribution < 1.29 is 14.6 Å². The Labute approximate surface area is 138 Å². The molecule has 0 heterocycles. The zero-order chi connectivity index (χ0) is 16.7. The van der Waals surface area contributed by atoms with Gasteiger partial charge < -0.3 is 20.1 Å². The normalized spacial score (nSPS) is 20.8. The second-order valence-corrected chi connectivity index (χ2v) is 6.26. The molecule has 0 bridgehead atoms. The van der Waals surface area contributed by atoms with Gasteiger partial charge in [0.25, 0.3) is 0 Å². The van der Waals surface area contributed by atoms with Crippen molar-refractivity contribution in [1.29, 1.82) is 0 Å². The molecule has 2 N–H and O–H groups in total. The van der Waals surface area contributed by atoms with Crippen LogP contribution >= 0.6 is 0 Å². The molecule has 0 spiro atoms. The Morgan fingerprint density at radius 3 is 2.65 bits per heavy atom. The Hall–Kier alpha value is -1.75. The van der Waals surface area contributed by atoms with Gasteiger partial charge in [0.1, 0.15) is 5.75 Å². The fourth-order valence-corrected chi connectivity index (χ4v) is 3.22. The summed E-state index contributed by atoms with van der Waals surface area (Å²) in [5.41, 5.74) is 1.10. The second-order valence-electron chi connectivity index (χ2n) is 6.26. The number of hydrogen-bond acceptors (Lipinski definition) is 3. The highest BCUT2D eigenvalue weighted by Crippen LogP contribution is 2.26. The largest absolute Gasteiger partial charge is 0.496 e. The summed E-state index contributed by atoms with van der Waals surface area (Å²) < 4.78 is 5.32. The van der Waals surface area contributed by atoms with E-state index in [1.807, 2.05) is 36.2 Å². The number of aliphatic hydroxyl groups excluding tert-OH is 1. The van der Waals surface area contributed by atoms with Crippen LogP contribution in [0.5, 0.6) is 5.75 Å². The standard InChI is InChI=1S/C18H28N2O3/c1-20(16-9-7-14(13-21)8-10-16)18(22)19-12-11-15-5-3-4-6-17(15)23-2/h3-6,14,16,21H,7-13H2,1-2H3,(H,19,22). The van der Waals surface area contributed by atoms with E-state index in [1.165, 1.54) is 0 Å². The molecule has 2 rings (SSSR count). The summed E-state index contributed by atoms with van der Waals surface area (Å²) in [6.45, 7) is 0.858. The van der Waals surface area contributed by atoms with Crippen molar-refractivity contribution in [3.8, 4) is 5.75 Å². The predicted molar refractivity (Wildman–Crippen MR) is 90.7 cm³/mol. The Bertz CT molecular complexity index is 499. The van der Waals surface area contributed by atoms with Gasteiger partial charge in [0.15, 0.2) is 0 Å². The van der Waals surface area contributed by atoms with Gasteiger partial charge in [-0.25, -0.2) is 4.79 Å². The molecule has 1 fully saturated rings. The number of carbonyl (C=O) groups excluding carboxylic acids is 1. The van der Waals surface area contributed by atoms with Crippen LogP contribution in [0.2, 0.25) is 0 Å². The van der Waals surface area contributed by atoms with E-state index in [9.17, 15) is 9.90 Å². The van der Waals surface area contributed by atoms with Crippen molar-refractivity contribution in [1.82, 2.24) is 10.2 Å². The molecule has 2 amide bonds. The van der Waals surface area contributed by atoms with Gasteiger partial charge in [0.05, 0.1) is 7.11 Å². The van der Waals surface area contributed by atoms with Crippen molar-refractivity contribution in [3.63, 3.8) is 0 Å². The maximum atomic E-state index is 12.3. The van der Waals surface area contributed by atoms with Crippen LogP contribution in [0.1, 0.15) is 31.2 Å². The van der Waals surface area contributed by atoms with Gasteiger partial charge in [-0.1, -0.05) is 18.2 Å². The number of aliphatic hydroxyl groups is 1. The molecule has 0 aromatic heterocycles. The topological polar surface area (TPSA) is 61.8 Å². The quantitative estimate of drug-likeness (QED) is 0.846. The number of amides is 2. The van der Waals surface area contributed by atoms with E-state index in [0.717, 1.165) is 43.4 Å². The van der Waals surface area contributed by atoms with E-state index in [4.69, 9.17) is 4.74 Å². The van der Waals surface area contributed by atoms with Crippen molar-refractivity contribution in [2.24, 2.45) is 5.92 Å². The average Bonchev–Trinajstić information content (AvgIpc) is 2.61. The number of hydrogen-bond donors (Lipinski definition) is 2. The summed E-state index contributed by atoms with van der Waals surface area (Å²) in [5, 5.41) is 12.2. The Morgan fingerprint density at radius 1 is 1.30 bits per heavy atom. The Balaban J connectivity index is 1.76. The molecule has 0 aliphatic heterocycles. The minimum Gasteiger partial charge on any atom is -0.496 e. The van der Waals surface area contributed by atoms with E-state index in [0.29, 0.717) is 12.5 Å². The number of methoxy groups -OCH3 is 1. The number of nitrogens with one attached hydrogen (secondary N) is 1. The average molecular weight is 320 g/mol. The highest BCUT2D eigenvalue weighted by Gasteiger charge is 2.25. The van der Waals surface area contributed by atoms with Crippen LogP contribution < -0.4 is 10.1 Å². The number of benzene rings is 1. The third-order valence-electron chi connectivity index (χ3n) is 4.81. The minimum atomic E-state index is -0.0210. The third kappa shape index (κ3) is 4.86. The van der Waals surface area contributed by atoms with Gasteiger partial charge in [-0.05, 0) is 49.7 Å². The summed E-state index contributed by atoms with van der Waals surface area (Å²) in [7, 11) is 3.52. The van der Waals surface area contributed by atoms with Crippen LogP contribution in [-0.4, -0.2) is 49.4 Å². The summed E-state index contributed by atoms with van der Waals surface area (Å²) in [5.74, 6) is 1.27. The smallest absolute Gasteiger partial charge is 0.317 e. The zero-order valence-electron chi connectivity index (χ0n) is 14.1. The lowest BCUT2D eigenvalue weighted by Crippen LogP contribution is -2.45. The molecule has 128 valence electrons. The lowest BCUT2D eigenvalue weighted by molar-refractivity contribution is 0.134. The molecule has 0 radical (unpaired) electrons. The SMILES string of the molecule is COc1ccccc1CCNC(=O)N(C)C1CCC(CO)CC1. The molecule has 23 heavy (non-hydrogen) atoms. The number of ether oxygens (including phenoxy) is 1. The van der Waals surface area contributed by atoms with E-state index in [2.05, 4.69) is 5.32 Å². The molecule has 5 nitrogen and oxygen atoms in total. The predicted octanol–water partition coefficient (Wildman–Crippen LogP) is 2.43.